The van der Waals surface area contributed by atoms with Crippen LogP contribution in [0, 0.1) is 0 Å². The quantitative estimate of drug-likeness (QED) is 0.903. The molecule has 0 bridgehead atoms. The molecule has 0 atom stereocenters. The Morgan fingerprint density at radius 3 is 2.50 bits per heavy atom. The molecule has 0 radical (unpaired) electrons. The van der Waals surface area contributed by atoms with Gasteiger partial charge in [0.05, 0.1) is 6.61 Å². The highest BCUT2D eigenvalue weighted by Gasteiger charge is 2.28. The Morgan fingerprint density at radius 1 is 1.33 bits per heavy atom. The van der Waals surface area contributed by atoms with E-state index in [9.17, 15) is 18.3 Å². The van der Waals surface area contributed by atoms with Gasteiger partial charge in [-0.15, -0.1) is 0 Å². The number of allylic oxidation sites excluding steroid dienone is 1. The van der Waals surface area contributed by atoms with Gasteiger partial charge in [-0.2, -0.15) is 13.2 Å². The molecular weight excluding hydrogens is 247 g/mol. The van der Waals surface area contributed by atoms with Gasteiger partial charge in [0, 0.05) is 12.3 Å². The fourth-order valence-corrected chi connectivity index (χ4v) is 1.57. The SMILES string of the molecule is OCC(=C1CC1)c1ccc(OCC(F)(F)F)nc1. The van der Waals surface area contributed by atoms with Crippen molar-refractivity contribution >= 4 is 5.57 Å². The Bertz CT molecular complexity index is 445. The molecule has 2 rings (SSSR count). The van der Waals surface area contributed by atoms with Crippen LogP contribution in [0.1, 0.15) is 18.4 Å². The summed E-state index contributed by atoms with van der Waals surface area (Å²) in [4.78, 5) is 3.79. The van der Waals surface area contributed by atoms with E-state index in [2.05, 4.69) is 9.72 Å². The highest BCUT2D eigenvalue weighted by Crippen LogP contribution is 2.36. The van der Waals surface area contributed by atoms with Crippen LogP contribution < -0.4 is 4.74 Å². The number of halogens is 3. The Labute approximate surface area is 102 Å². The molecule has 0 aromatic carbocycles. The van der Waals surface area contributed by atoms with E-state index in [4.69, 9.17) is 0 Å². The summed E-state index contributed by atoms with van der Waals surface area (Å²) in [5.41, 5.74) is 2.71. The summed E-state index contributed by atoms with van der Waals surface area (Å²) < 4.78 is 40.3. The van der Waals surface area contributed by atoms with E-state index in [0.717, 1.165) is 24.0 Å². The van der Waals surface area contributed by atoms with Gasteiger partial charge in [0.2, 0.25) is 5.88 Å². The predicted octanol–water partition coefficient (Wildman–Crippen LogP) is 2.56. The Morgan fingerprint density at radius 2 is 2.06 bits per heavy atom. The van der Waals surface area contributed by atoms with Gasteiger partial charge in [0.25, 0.3) is 0 Å². The molecule has 6 heteroatoms. The number of rotatable bonds is 4. The number of aliphatic hydroxyl groups is 1. The fourth-order valence-electron chi connectivity index (χ4n) is 1.57. The first-order valence-corrected chi connectivity index (χ1v) is 5.47. The molecule has 1 heterocycles. The molecule has 1 saturated carbocycles. The molecule has 1 aromatic heterocycles. The van der Waals surface area contributed by atoms with Gasteiger partial charge in [0.1, 0.15) is 0 Å². The first-order chi connectivity index (χ1) is 8.49. The van der Waals surface area contributed by atoms with E-state index in [0.29, 0.717) is 0 Å². The fraction of sp³-hybridized carbons (Fsp3) is 0.417. The van der Waals surface area contributed by atoms with Gasteiger partial charge in [-0.25, -0.2) is 4.98 Å². The zero-order valence-electron chi connectivity index (χ0n) is 9.50. The molecule has 0 unspecified atom stereocenters. The maximum absolute atomic E-state index is 11.9. The molecule has 0 spiro atoms. The first kappa shape index (κ1) is 12.9. The second kappa shape index (κ2) is 4.97. The molecule has 0 saturated heterocycles. The number of aliphatic hydroxyl groups excluding tert-OH is 1. The number of pyridine rings is 1. The molecule has 1 aromatic rings. The van der Waals surface area contributed by atoms with Crippen molar-refractivity contribution in [2.75, 3.05) is 13.2 Å². The van der Waals surface area contributed by atoms with Crippen molar-refractivity contribution in [3.05, 3.63) is 29.5 Å². The standard InChI is InChI=1S/C12H12F3NO2/c13-12(14,15)7-18-11-4-3-9(5-16-11)10(6-17)8-1-2-8/h3-5,17H,1-2,6-7H2. The van der Waals surface area contributed by atoms with Gasteiger partial charge in [-0.1, -0.05) is 5.57 Å². The second-order valence-electron chi connectivity index (χ2n) is 4.03. The van der Waals surface area contributed by atoms with Crippen LogP contribution in [0.15, 0.2) is 23.9 Å². The lowest BCUT2D eigenvalue weighted by atomic mass is 10.1. The Balaban J connectivity index is 2.04. The third-order valence-electron chi connectivity index (χ3n) is 2.55. The minimum Gasteiger partial charge on any atom is -0.468 e. The van der Waals surface area contributed by atoms with E-state index in [1.54, 1.807) is 6.07 Å². The molecule has 3 nitrogen and oxygen atoms in total. The summed E-state index contributed by atoms with van der Waals surface area (Å²) >= 11 is 0. The number of hydrogen-bond donors (Lipinski definition) is 1. The molecule has 18 heavy (non-hydrogen) atoms. The lowest BCUT2D eigenvalue weighted by Gasteiger charge is -2.09. The van der Waals surface area contributed by atoms with Crippen molar-refractivity contribution in [2.24, 2.45) is 0 Å². The zero-order valence-corrected chi connectivity index (χ0v) is 9.50. The average Bonchev–Trinajstić information content (AvgIpc) is 3.12. The molecule has 0 aliphatic heterocycles. The molecule has 0 amide bonds. The minimum absolute atomic E-state index is 0.0749. The van der Waals surface area contributed by atoms with Crippen molar-refractivity contribution in [3.63, 3.8) is 0 Å². The molecule has 1 N–H and O–H groups in total. The lowest BCUT2D eigenvalue weighted by Crippen LogP contribution is -2.19. The number of ether oxygens (including phenoxy) is 1. The molecular formula is C12H12F3NO2. The summed E-state index contributed by atoms with van der Waals surface area (Å²) in [5.74, 6) is -0.0749. The number of alkyl halides is 3. The van der Waals surface area contributed by atoms with E-state index >= 15 is 0 Å². The summed E-state index contributed by atoms with van der Waals surface area (Å²) in [6, 6.07) is 2.98. The van der Waals surface area contributed by atoms with Crippen LogP contribution in [0.3, 0.4) is 0 Å². The maximum atomic E-state index is 11.9. The number of nitrogens with zero attached hydrogens (tertiary/aromatic N) is 1. The smallest absolute Gasteiger partial charge is 0.422 e. The van der Waals surface area contributed by atoms with Gasteiger partial charge in [-0.3, -0.25) is 0 Å². The van der Waals surface area contributed by atoms with Gasteiger partial charge < -0.3 is 9.84 Å². The summed E-state index contributed by atoms with van der Waals surface area (Å²) in [5, 5.41) is 9.20. The van der Waals surface area contributed by atoms with Crippen LogP contribution in [0.2, 0.25) is 0 Å². The largest absolute Gasteiger partial charge is 0.468 e. The lowest BCUT2D eigenvalue weighted by molar-refractivity contribution is -0.154. The van der Waals surface area contributed by atoms with Crippen molar-refractivity contribution in [1.82, 2.24) is 4.98 Å². The number of aromatic nitrogens is 1. The highest BCUT2D eigenvalue weighted by molar-refractivity contribution is 5.71. The Kier molecular flexibility index (Phi) is 3.56. The molecule has 1 aliphatic carbocycles. The van der Waals surface area contributed by atoms with Crippen LogP contribution in [-0.4, -0.2) is 29.5 Å². The average molecular weight is 259 g/mol. The highest BCUT2D eigenvalue weighted by atomic mass is 19.4. The molecule has 1 aliphatic rings. The van der Waals surface area contributed by atoms with E-state index in [1.807, 2.05) is 0 Å². The van der Waals surface area contributed by atoms with E-state index < -0.39 is 12.8 Å². The van der Waals surface area contributed by atoms with Crippen molar-refractivity contribution in [2.45, 2.75) is 19.0 Å². The normalized spacial score (nSPS) is 14.6. The third kappa shape index (κ3) is 3.46. The molecule has 1 fully saturated rings. The summed E-state index contributed by atoms with van der Waals surface area (Å²) in [6.45, 7) is -1.44. The predicted molar refractivity (Wildman–Crippen MR) is 59.0 cm³/mol. The summed E-state index contributed by atoms with van der Waals surface area (Å²) in [6.07, 6.45) is -1.03. The molecule has 98 valence electrons. The van der Waals surface area contributed by atoms with Crippen LogP contribution in [0.5, 0.6) is 5.88 Å². The minimum atomic E-state index is -4.37. The zero-order chi connectivity index (χ0) is 13.2. The van der Waals surface area contributed by atoms with Crippen molar-refractivity contribution in [1.29, 1.82) is 0 Å². The van der Waals surface area contributed by atoms with E-state index in [-0.39, 0.29) is 12.5 Å². The monoisotopic (exact) mass is 259 g/mol. The second-order valence-corrected chi connectivity index (χ2v) is 4.03. The maximum Gasteiger partial charge on any atom is 0.422 e. The number of hydrogen-bond acceptors (Lipinski definition) is 3. The Hall–Kier alpha value is -1.56. The van der Waals surface area contributed by atoms with Crippen molar-refractivity contribution < 1.29 is 23.0 Å². The van der Waals surface area contributed by atoms with Gasteiger partial charge >= 0.3 is 6.18 Å². The van der Waals surface area contributed by atoms with Crippen LogP contribution in [0.25, 0.3) is 5.57 Å². The van der Waals surface area contributed by atoms with Crippen LogP contribution in [-0.2, 0) is 0 Å². The topological polar surface area (TPSA) is 42.4 Å². The van der Waals surface area contributed by atoms with Gasteiger partial charge in [0.15, 0.2) is 6.61 Å². The van der Waals surface area contributed by atoms with Gasteiger partial charge in [-0.05, 0) is 30.0 Å². The van der Waals surface area contributed by atoms with Crippen LogP contribution >= 0.6 is 0 Å². The van der Waals surface area contributed by atoms with Crippen molar-refractivity contribution in [3.8, 4) is 5.88 Å². The van der Waals surface area contributed by atoms with E-state index in [1.165, 1.54) is 17.8 Å². The van der Waals surface area contributed by atoms with Crippen LogP contribution in [0.4, 0.5) is 13.2 Å². The summed E-state index contributed by atoms with van der Waals surface area (Å²) in [7, 11) is 0. The first-order valence-electron chi connectivity index (χ1n) is 5.47. The third-order valence-corrected chi connectivity index (χ3v) is 2.55.